The van der Waals surface area contributed by atoms with E-state index >= 15 is 0 Å². The number of anilines is 2. The van der Waals surface area contributed by atoms with Crippen molar-refractivity contribution in [1.29, 1.82) is 0 Å². The molecule has 130 valence electrons. The Hall–Kier alpha value is -2.82. The molecule has 0 saturated carbocycles. The molecule has 3 rings (SSSR count). The minimum Gasteiger partial charge on any atom is -0.479 e. The molecule has 1 aliphatic rings. The molecule has 1 heterocycles. The fraction of sp³-hybridized carbons (Fsp3) is 0.300. The van der Waals surface area contributed by atoms with E-state index < -0.39 is 6.10 Å². The first-order valence-electron chi connectivity index (χ1n) is 8.31. The van der Waals surface area contributed by atoms with E-state index in [0.717, 1.165) is 16.8 Å². The molecular weight excluding hydrogens is 316 g/mol. The summed E-state index contributed by atoms with van der Waals surface area (Å²) in [4.78, 5) is 26.5. The SMILES string of the molecule is Cc1ccc2c(c1)N(CC(=O)Nc1ccc(C)c(C)c1)C(=O)C(C)O2. The maximum Gasteiger partial charge on any atom is 0.268 e. The van der Waals surface area contributed by atoms with Crippen LogP contribution in [-0.2, 0) is 9.59 Å². The largest absolute Gasteiger partial charge is 0.479 e. The molecule has 0 radical (unpaired) electrons. The van der Waals surface area contributed by atoms with Crippen LogP contribution in [0.25, 0.3) is 0 Å². The molecule has 1 N–H and O–H groups in total. The lowest BCUT2D eigenvalue weighted by molar-refractivity contribution is -0.127. The summed E-state index contributed by atoms with van der Waals surface area (Å²) < 4.78 is 5.64. The minimum atomic E-state index is -0.607. The van der Waals surface area contributed by atoms with Crippen molar-refractivity contribution >= 4 is 23.2 Å². The fourth-order valence-corrected chi connectivity index (χ4v) is 2.84. The summed E-state index contributed by atoms with van der Waals surface area (Å²) in [7, 11) is 0. The summed E-state index contributed by atoms with van der Waals surface area (Å²) in [6.45, 7) is 7.61. The number of ether oxygens (including phenoxy) is 1. The molecule has 0 aromatic heterocycles. The van der Waals surface area contributed by atoms with Gasteiger partial charge in [0.1, 0.15) is 12.3 Å². The van der Waals surface area contributed by atoms with Crippen LogP contribution in [0.15, 0.2) is 36.4 Å². The van der Waals surface area contributed by atoms with Gasteiger partial charge < -0.3 is 10.1 Å². The van der Waals surface area contributed by atoms with Gasteiger partial charge in [0.25, 0.3) is 5.91 Å². The number of nitrogens with zero attached hydrogens (tertiary/aromatic N) is 1. The van der Waals surface area contributed by atoms with Crippen LogP contribution in [0.4, 0.5) is 11.4 Å². The molecule has 25 heavy (non-hydrogen) atoms. The molecule has 1 aliphatic heterocycles. The van der Waals surface area contributed by atoms with E-state index in [1.807, 2.05) is 57.2 Å². The molecule has 2 aromatic rings. The number of fused-ring (bicyclic) bond motifs is 1. The minimum absolute atomic E-state index is 0.0457. The summed E-state index contributed by atoms with van der Waals surface area (Å²) >= 11 is 0. The molecule has 0 spiro atoms. The molecule has 0 aliphatic carbocycles. The third-order valence-corrected chi connectivity index (χ3v) is 4.42. The highest BCUT2D eigenvalue weighted by molar-refractivity contribution is 6.06. The monoisotopic (exact) mass is 338 g/mol. The van der Waals surface area contributed by atoms with Gasteiger partial charge >= 0.3 is 0 Å². The van der Waals surface area contributed by atoms with E-state index in [0.29, 0.717) is 11.4 Å². The van der Waals surface area contributed by atoms with Gasteiger partial charge in [-0.05, 0) is 68.7 Å². The fourth-order valence-electron chi connectivity index (χ4n) is 2.84. The van der Waals surface area contributed by atoms with E-state index in [1.54, 1.807) is 6.92 Å². The first-order valence-corrected chi connectivity index (χ1v) is 8.31. The van der Waals surface area contributed by atoms with Gasteiger partial charge in [-0.3, -0.25) is 14.5 Å². The summed E-state index contributed by atoms with van der Waals surface area (Å²) in [5, 5.41) is 2.86. The number of carbonyl (C=O) groups excluding carboxylic acids is 2. The molecule has 5 nitrogen and oxygen atoms in total. The highest BCUT2D eigenvalue weighted by Crippen LogP contribution is 2.34. The molecule has 5 heteroatoms. The zero-order chi connectivity index (χ0) is 18.1. The normalized spacial score (nSPS) is 16.2. The highest BCUT2D eigenvalue weighted by Gasteiger charge is 2.32. The van der Waals surface area contributed by atoms with Gasteiger partial charge in [0, 0.05) is 5.69 Å². The first kappa shape index (κ1) is 17.0. The Morgan fingerprint density at radius 1 is 1.12 bits per heavy atom. The smallest absolute Gasteiger partial charge is 0.268 e. The average molecular weight is 338 g/mol. The molecule has 0 fully saturated rings. The van der Waals surface area contributed by atoms with Crippen molar-refractivity contribution in [1.82, 2.24) is 0 Å². The Balaban J connectivity index is 1.81. The number of hydrogen-bond acceptors (Lipinski definition) is 3. The Kier molecular flexibility index (Phi) is 4.49. The number of carbonyl (C=O) groups is 2. The number of nitrogens with one attached hydrogen (secondary N) is 1. The quantitative estimate of drug-likeness (QED) is 0.933. The number of benzene rings is 2. The first-order chi connectivity index (χ1) is 11.8. The molecule has 1 atom stereocenters. The van der Waals surface area contributed by atoms with E-state index in [1.165, 1.54) is 10.5 Å². The van der Waals surface area contributed by atoms with Gasteiger partial charge in [-0.1, -0.05) is 12.1 Å². The van der Waals surface area contributed by atoms with Crippen molar-refractivity contribution in [2.45, 2.75) is 33.8 Å². The second-order valence-corrected chi connectivity index (χ2v) is 6.50. The Morgan fingerprint density at radius 2 is 1.88 bits per heavy atom. The van der Waals surface area contributed by atoms with Crippen LogP contribution in [0.2, 0.25) is 0 Å². The zero-order valence-corrected chi connectivity index (χ0v) is 14.9. The number of rotatable bonds is 3. The van der Waals surface area contributed by atoms with Gasteiger partial charge in [0.15, 0.2) is 6.10 Å². The summed E-state index contributed by atoms with van der Waals surface area (Å²) in [6, 6.07) is 11.4. The van der Waals surface area contributed by atoms with Crippen molar-refractivity contribution in [2.75, 3.05) is 16.8 Å². The molecule has 0 saturated heterocycles. The van der Waals surface area contributed by atoms with Crippen LogP contribution in [0.3, 0.4) is 0 Å². The standard InChI is InChI=1S/C20H22N2O3/c1-12-5-8-18-17(9-12)22(20(24)15(4)25-18)11-19(23)21-16-7-6-13(2)14(3)10-16/h5-10,15H,11H2,1-4H3,(H,21,23). The van der Waals surface area contributed by atoms with E-state index in [9.17, 15) is 9.59 Å². The van der Waals surface area contributed by atoms with Crippen molar-refractivity contribution in [3.8, 4) is 5.75 Å². The second kappa shape index (κ2) is 6.59. The molecule has 2 amide bonds. The number of amides is 2. The van der Waals surface area contributed by atoms with E-state index in [-0.39, 0.29) is 18.4 Å². The number of hydrogen-bond donors (Lipinski definition) is 1. The third-order valence-electron chi connectivity index (χ3n) is 4.42. The average Bonchev–Trinajstić information content (AvgIpc) is 2.56. The lowest BCUT2D eigenvalue weighted by Crippen LogP contribution is -2.47. The van der Waals surface area contributed by atoms with Crippen LogP contribution in [-0.4, -0.2) is 24.5 Å². The van der Waals surface area contributed by atoms with E-state index in [2.05, 4.69) is 5.32 Å². The predicted octanol–water partition coefficient (Wildman–Crippen LogP) is 3.36. The summed E-state index contributed by atoms with van der Waals surface area (Å²) in [5.74, 6) is 0.170. The number of aryl methyl sites for hydroxylation is 3. The Labute approximate surface area is 147 Å². The van der Waals surface area contributed by atoms with Gasteiger partial charge in [0.2, 0.25) is 5.91 Å². The van der Waals surface area contributed by atoms with Gasteiger partial charge in [-0.15, -0.1) is 0 Å². The van der Waals surface area contributed by atoms with Crippen molar-refractivity contribution in [2.24, 2.45) is 0 Å². The van der Waals surface area contributed by atoms with E-state index in [4.69, 9.17) is 4.74 Å². The van der Waals surface area contributed by atoms with Crippen LogP contribution in [0, 0.1) is 20.8 Å². The lowest BCUT2D eigenvalue weighted by Gasteiger charge is -2.32. The van der Waals surface area contributed by atoms with Crippen molar-refractivity contribution < 1.29 is 14.3 Å². The Bertz CT molecular complexity index is 845. The van der Waals surface area contributed by atoms with Gasteiger partial charge in [-0.2, -0.15) is 0 Å². The zero-order valence-electron chi connectivity index (χ0n) is 14.9. The highest BCUT2D eigenvalue weighted by atomic mass is 16.5. The summed E-state index contributed by atoms with van der Waals surface area (Å²) in [5.41, 5.74) is 4.64. The molecular formula is C20H22N2O3. The van der Waals surface area contributed by atoms with Crippen molar-refractivity contribution in [3.05, 3.63) is 53.1 Å². The second-order valence-electron chi connectivity index (χ2n) is 6.50. The van der Waals surface area contributed by atoms with Crippen LogP contribution < -0.4 is 15.0 Å². The summed E-state index contributed by atoms with van der Waals surface area (Å²) in [6.07, 6.45) is -0.607. The lowest BCUT2D eigenvalue weighted by atomic mass is 10.1. The molecule has 0 bridgehead atoms. The van der Waals surface area contributed by atoms with Crippen LogP contribution in [0.5, 0.6) is 5.75 Å². The van der Waals surface area contributed by atoms with Gasteiger partial charge in [-0.25, -0.2) is 0 Å². The molecule has 2 aromatic carbocycles. The maximum absolute atomic E-state index is 12.5. The third kappa shape index (κ3) is 3.50. The van der Waals surface area contributed by atoms with Crippen LogP contribution >= 0.6 is 0 Å². The van der Waals surface area contributed by atoms with Gasteiger partial charge in [0.05, 0.1) is 5.69 Å². The Morgan fingerprint density at radius 3 is 2.60 bits per heavy atom. The molecule has 1 unspecified atom stereocenters. The predicted molar refractivity (Wildman–Crippen MR) is 98.2 cm³/mol. The maximum atomic E-state index is 12.5. The van der Waals surface area contributed by atoms with Crippen LogP contribution in [0.1, 0.15) is 23.6 Å². The van der Waals surface area contributed by atoms with Crippen molar-refractivity contribution in [3.63, 3.8) is 0 Å². The topological polar surface area (TPSA) is 58.6 Å².